The van der Waals surface area contributed by atoms with Gasteiger partial charge in [0.2, 0.25) is 0 Å². The SMILES string of the molecule is CCC(C)(C(=O)OC)c1ccc([N+](=O)[O-])cc1. The molecule has 92 valence electrons. The molecule has 5 nitrogen and oxygen atoms in total. The highest BCUT2D eigenvalue weighted by atomic mass is 16.6. The van der Waals surface area contributed by atoms with Crippen molar-refractivity contribution in [1.82, 2.24) is 0 Å². The lowest BCUT2D eigenvalue weighted by Crippen LogP contribution is -2.32. The Balaban J connectivity index is 3.13. The predicted octanol–water partition coefficient (Wildman–Crippen LogP) is 2.44. The van der Waals surface area contributed by atoms with E-state index in [-0.39, 0.29) is 11.7 Å². The van der Waals surface area contributed by atoms with Crippen LogP contribution in [0.5, 0.6) is 0 Å². The Kier molecular flexibility index (Phi) is 3.83. The Hall–Kier alpha value is -1.91. The number of methoxy groups -OCH3 is 1. The van der Waals surface area contributed by atoms with Gasteiger partial charge in [-0.05, 0) is 18.9 Å². The molecule has 0 aromatic heterocycles. The fourth-order valence-corrected chi connectivity index (χ4v) is 1.64. The molecule has 0 saturated carbocycles. The van der Waals surface area contributed by atoms with Gasteiger partial charge < -0.3 is 4.74 Å². The van der Waals surface area contributed by atoms with Crippen molar-refractivity contribution < 1.29 is 14.5 Å². The second kappa shape index (κ2) is 4.95. The summed E-state index contributed by atoms with van der Waals surface area (Å²) in [6.07, 6.45) is 0.567. The van der Waals surface area contributed by atoms with Crippen LogP contribution in [-0.4, -0.2) is 18.0 Å². The fraction of sp³-hybridized carbons (Fsp3) is 0.417. The Morgan fingerprint density at radius 3 is 2.29 bits per heavy atom. The zero-order chi connectivity index (χ0) is 13.1. The minimum atomic E-state index is -0.760. The topological polar surface area (TPSA) is 69.4 Å². The van der Waals surface area contributed by atoms with E-state index < -0.39 is 10.3 Å². The minimum Gasteiger partial charge on any atom is -0.468 e. The van der Waals surface area contributed by atoms with Crippen LogP contribution in [0, 0.1) is 10.1 Å². The van der Waals surface area contributed by atoms with Crippen LogP contribution >= 0.6 is 0 Å². The standard InChI is InChI=1S/C12H15NO4/c1-4-12(2,11(14)17-3)9-5-7-10(8-6-9)13(15)16/h5-8H,4H2,1-3H3. The molecular formula is C12H15NO4. The quantitative estimate of drug-likeness (QED) is 0.458. The normalized spacial score (nSPS) is 13.8. The minimum absolute atomic E-state index is 0.0112. The molecule has 0 fully saturated rings. The number of carbonyl (C=O) groups excluding carboxylic acids is 1. The summed E-state index contributed by atoms with van der Waals surface area (Å²) in [7, 11) is 1.33. The number of nitro benzene ring substituents is 1. The van der Waals surface area contributed by atoms with Gasteiger partial charge in [0.05, 0.1) is 17.4 Å². The van der Waals surface area contributed by atoms with Crippen molar-refractivity contribution in [2.75, 3.05) is 7.11 Å². The number of hydrogen-bond acceptors (Lipinski definition) is 4. The molecule has 0 aliphatic carbocycles. The summed E-state index contributed by atoms with van der Waals surface area (Å²) in [5, 5.41) is 10.5. The lowest BCUT2D eigenvalue weighted by Gasteiger charge is -2.25. The average Bonchev–Trinajstić information content (AvgIpc) is 2.36. The highest BCUT2D eigenvalue weighted by Crippen LogP contribution is 2.30. The lowest BCUT2D eigenvalue weighted by atomic mass is 9.80. The molecule has 1 unspecified atom stereocenters. The second-order valence-corrected chi connectivity index (χ2v) is 3.98. The molecule has 0 N–H and O–H groups in total. The first kappa shape index (κ1) is 13.2. The number of carbonyl (C=O) groups is 1. The first-order valence-corrected chi connectivity index (χ1v) is 5.29. The lowest BCUT2D eigenvalue weighted by molar-refractivity contribution is -0.384. The molecule has 1 rings (SSSR count). The number of esters is 1. The second-order valence-electron chi connectivity index (χ2n) is 3.98. The van der Waals surface area contributed by atoms with E-state index in [0.717, 1.165) is 5.56 Å². The Morgan fingerprint density at radius 2 is 1.94 bits per heavy atom. The van der Waals surface area contributed by atoms with Crippen LogP contribution < -0.4 is 0 Å². The highest BCUT2D eigenvalue weighted by Gasteiger charge is 2.34. The first-order valence-electron chi connectivity index (χ1n) is 5.29. The summed E-state index contributed by atoms with van der Waals surface area (Å²) in [6, 6.07) is 5.98. The number of benzene rings is 1. The van der Waals surface area contributed by atoms with Crippen LogP contribution in [0.1, 0.15) is 25.8 Å². The van der Waals surface area contributed by atoms with Crippen LogP contribution in [0.4, 0.5) is 5.69 Å². The predicted molar refractivity (Wildman–Crippen MR) is 62.8 cm³/mol. The molecule has 0 aliphatic rings. The van der Waals surface area contributed by atoms with Gasteiger partial charge in [0.25, 0.3) is 5.69 Å². The molecule has 0 heterocycles. The van der Waals surface area contributed by atoms with E-state index in [9.17, 15) is 14.9 Å². The number of non-ortho nitro benzene ring substituents is 1. The number of rotatable bonds is 4. The molecule has 5 heteroatoms. The summed E-state index contributed by atoms with van der Waals surface area (Å²) in [5.74, 6) is -0.339. The number of nitro groups is 1. The summed E-state index contributed by atoms with van der Waals surface area (Å²) >= 11 is 0. The zero-order valence-corrected chi connectivity index (χ0v) is 10.1. The van der Waals surface area contributed by atoms with Gasteiger partial charge in [-0.25, -0.2) is 0 Å². The Morgan fingerprint density at radius 1 is 1.41 bits per heavy atom. The van der Waals surface area contributed by atoms with Crippen molar-refractivity contribution in [1.29, 1.82) is 0 Å². The summed E-state index contributed by atoms with van der Waals surface area (Å²) in [4.78, 5) is 21.8. The number of ether oxygens (including phenoxy) is 1. The zero-order valence-electron chi connectivity index (χ0n) is 10.1. The summed E-state index contributed by atoms with van der Waals surface area (Å²) in [5.41, 5.74) is -0.0290. The van der Waals surface area contributed by atoms with E-state index in [0.29, 0.717) is 6.42 Å². The third kappa shape index (κ3) is 2.43. The van der Waals surface area contributed by atoms with E-state index in [4.69, 9.17) is 4.74 Å². The van der Waals surface area contributed by atoms with Gasteiger partial charge in [-0.2, -0.15) is 0 Å². The van der Waals surface area contributed by atoms with E-state index in [1.165, 1.54) is 19.2 Å². The molecule has 17 heavy (non-hydrogen) atoms. The van der Waals surface area contributed by atoms with E-state index in [1.54, 1.807) is 19.1 Å². The Bertz CT molecular complexity index is 427. The highest BCUT2D eigenvalue weighted by molar-refractivity contribution is 5.82. The Labute approximate surface area is 99.5 Å². The maximum absolute atomic E-state index is 11.7. The largest absolute Gasteiger partial charge is 0.468 e. The summed E-state index contributed by atoms with van der Waals surface area (Å²) in [6.45, 7) is 3.64. The van der Waals surface area contributed by atoms with Gasteiger partial charge in [-0.15, -0.1) is 0 Å². The van der Waals surface area contributed by atoms with Crippen molar-refractivity contribution in [3.8, 4) is 0 Å². The van der Waals surface area contributed by atoms with Crippen molar-refractivity contribution in [3.63, 3.8) is 0 Å². The van der Waals surface area contributed by atoms with Crippen LogP contribution in [0.15, 0.2) is 24.3 Å². The van der Waals surface area contributed by atoms with E-state index in [1.807, 2.05) is 6.92 Å². The van der Waals surface area contributed by atoms with Crippen LogP contribution in [0.2, 0.25) is 0 Å². The molecule has 0 saturated heterocycles. The molecule has 0 aliphatic heterocycles. The molecule has 0 amide bonds. The average molecular weight is 237 g/mol. The first-order chi connectivity index (χ1) is 7.95. The van der Waals surface area contributed by atoms with Crippen LogP contribution in [-0.2, 0) is 14.9 Å². The maximum atomic E-state index is 11.7. The van der Waals surface area contributed by atoms with Crippen LogP contribution in [0.3, 0.4) is 0 Å². The molecule has 0 radical (unpaired) electrons. The number of nitrogens with zero attached hydrogens (tertiary/aromatic N) is 1. The monoisotopic (exact) mass is 237 g/mol. The summed E-state index contributed by atoms with van der Waals surface area (Å²) < 4.78 is 4.77. The van der Waals surface area contributed by atoms with E-state index >= 15 is 0 Å². The van der Waals surface area contributed by atoms with Gasteiger partial charge in [-0.1, -0.05) is 19.1 Å². The smallest absolute Gasteiger partial charge is 0.315 e. The van der Waals surface area contributed by atoms with Gasteiger partial charge in [-0.3, -0.25) is 14.9 Å². The molecule has 1 aromatic carbocycles. The number of hydrogen-bond donors (Lipinski definition) is 0. The van der Waals surface area contributed by atoms with Crippen molar-refractivity contribution in [3.05, 3.63) is 39.9 Å². The van der Waals surface area contributed by atoms with E-state index in [2.05, 4.69) is 0 Å². The molecule has 1 aromatic rings. The maximum Gasteiger partial charge on any atom is 0.315 e. The molecular weight excluding hydrogens is 222 g/mol. The van der Waals surface area contributed by atoms with Gasteiger partial charge in [0, 0.05) is 12.1 Å². The third-order valence-corrected chi connectivity index (χ3v) is 3.06. The van der Waals surface area contributed by atoms with Gasteiger partial charge >= 0.3 is 5.97 Å². The van der Waals surface area contributed by atoms with Gasteiger partial charge in [0.15, 0.2) is 0 Å². The molecule has 1 atom stereocenters. The van der Waals surface area contributed by atoms with Crippen LogP contribution in [0.25, 0.3) is 0 Å². The molecule has 0 spiro atoms. The third-order valence-electron chi connectivity index (χ3n) is 3.06. The fourth-order valence-electron chi connectivity index (χ4n) is 1.64. The van der Waals surface area contributed by atoms with Gasteiger partial charge in [0.1, 0.15) is 0 Å². The van der Waals surface area contributed by atoms with Crippen molar-refractivity contribution >= 4 is 11.7 Å². The van der Waals surface area contributed by atoms with Crippen molar-refractivity contribution in [2.45, 2.75) is 25.7 Å². The van der Waals surface area contributed by atoms with Crippen molar-refractivity contribution in [2.24, 2.45) is 0 Å². The molecule has 0 bridgehead atoms.